The topological polar surface area (TPSA) is 12.0 Å². The van der Waals surface area contributed by atoms with Gasteiger partial charge in [-0.1, -0.05) is 13.8 Å². The van der Waals surface area contributed by atoms with Gasteiger partial charge >= 0.3 is 0 Å². The molecule has 0 aromatic carbocycles. The summed E-state index contributed by atoms with van der Waals surface area (Å²) < 4.78 is 0. The Morgan fingerprint density at radius 2 is 2.00 bits per heavy atom. The molecule has 2 fully saturated rings. The van der Waals surface area contributed by atoms with Crippen LogP contribution in [-0.2, 0) is 0 Å². The summed E-state index contributed by atoms with van der Waals surface area (Å²) in [5.74, 6) is 3.44. The highest BCUT2D eigenvalue weighted by Crippen LogP contribution is 2.45. The molecular formula is C18H29NS. The number of aryl methyl sites for hydroxylation is 1. The molecule has 2 aliphatic carbocycles. The molecular weight excluding hydrogens is 262 g/mol. The number of thiophene rings is 1. The third kappa shape index (κ3) is 3.46. The second-order valence-electron chi connectivity index (χ2n) is 7.31. The third-order valence-electron chi connectivity index (χ3n) is 5.35. The standard InChI is InChI=1S/C18H29NS/c1-12(2)14-5-6-15(11-19-16-7-8-16)17(10-14)18-9-4-13(3)20-18/h4,9,12,14-17,19H,5-8,10-11H2,1-3H3. The van der Waals surface area contributed by atoms with Crippen molar-refractivity contribution in [1.82, 2.24) is 5.32 Å². The quantitative estimate of drug-likeness (QED) is 0.808. The zero-order valence-electron chi connectivity index (χ0n) is 13.2. The first kappa shape index (κ1) is 14.6. The number of hydrogen-bond acceptors (Lipinski definition) is 2. The van der Waals surface area contributed by atoms with Crippen LogP contribution in [0, 0.1) is 24.7 Å². The maximum absolute atomic E-state index is 3.78. The normalized spacial score (nSPS) is 30.9. The number of rotatable bonds is 5. The number of nitrogens with one attached hydrogen (secondary N) is 1. The van der Waals surface area contributed by atoms with Crippen molar-refractivity contribution in [3.8, 4) is 0 Å². The zero-order valence-corrected chi connectivity index (χ0v) is 14.0. The van der Waals surface area contributed by atoms with Crippen molar-refractivity contribution in [2.45, 2.75) is 64.8 Å². The third-order valence-corrected chi connectivity index (χ3v) is 6.48. The van der Waals surface area contributed by atoms with Crippen molar-refractivity contribution in [1.29, 1.82) is 0 Å². The van der Waals surface area contributed by atoms with E-state index < -0.39 is 0 Å². The molecule has 1 N–H and O–H groups in total. The van der Waals surface area contributed by atoms with Gasteiger partial charge in [-0.2, -0.15) is 0 Å². The van der Waals surface area contributed by atoms with Crippen molar-refractivity contribution in [3.05, 3.63) is 21.9 Å². The Labute approximate surface area is 128 Å². The Morgan fingerprint density at radius 3 is 2.60 bits per heavy atom. The fourth-order valence-electron chi connectivity index (χ4n) is 3.72. The van der Waals surface area contributed by atoms with Crippen molar-refractivity contribution >= 4 is 11.3 Å². The zero-order chi connectivity index (χ0) is 14.1. The van der Waals surface area contributed by atoms with Crippen molar-refractivity contribution in [2.75, 3.05) is 6.54 Å². The molecule has 0 spiro atoms. The highest BCUT2D eigenvalue weighted by Gasteiger charge is 2.34. The maximum Gasteiger partial charge on any atom is 0.00823 e. The molecule has 0 saturated heterocycles. The van der Waals surface area contributed by atoms with Crippen molar-refractivity contribution < 1.29 is 0 Å². The Bertz CT molecular complexity index is 432. The summed E-state index contributed by atoms with van der Waals surface area (Å²) in [6.07, 6.45) is 7.09. The largest absolute Gasteiger partial charge is 0.314 e. The molecule has 1 nitrogen and oxygen atoms in total. The van der Waals surface area contributed by atoms with Gasteiger partial charge in [0.1, 0.15) is 0 Å². The molecule has 2 saturated carbocycles. The van der Waals surface area contributed by atoms with E-state index in [9.17, 15) is 0 Å². The van der Waals surface area contributed by atoms with E-state index in [1.807, 2.05) is 11.3 Å². The van der Waals surface area contributed by atoms with Gasteiger partial charge in [0.15, 0.2) is 0 Å². The van der Waals surface area contributed by atoms with E-state index in [-0.39, 0.29) is 0 Å². The first-order valence-electron chi connectivity index (χ1n) is 8.43. The van der Waals surface area contributed by atoms with E-state index in [4.69, 9.17) is 0 Å². The van der Waals surface area contributed by atoms with Gasteiger partial charge in [0.05, 0.1) is 0 Å². The highest BCUT2D eigenvalue weighted by molar-refractivity contribution is 7.12. The first-order valence-corrected chi connectivity index (χ1v) is 9.25. The molecule has 1 heterocycles. The van der Waals surface area contributed by atoms with Gasteiger partial charge in [-0.25, -0.2) is 0 Å². The van der Waals surface area contributed by atoms with E-state index in [1.54, 1.807) is 4.88 Å². The lowest BCUT2D eigenvalue weighted by Gasteiger charge is -2.38. The Hall–Kier alpha value is -0.340. The smallest absolute Gasteiger partial charge is 0.00823 e. The van der Waals surface area contributed by atoms with Crippen LogP contribution < -0.4 is 5.32 Å². The lowest BCUT2D eigenvalue weighted by atomic mass is 9.70. The second kappa shape index (κ2) is 6.19. The lowest BCUT2D eigenvalue weighted by molar-refractivity contribution is 0.192. The van der Waals surface area contributed by atoms with Gasteiger partial charge in [-0.15, -0.1) is 11.3 Å². The van der Waals surface area contributed by atoms with E-state index in [0.29, 0.717) is 0 Å². The summed E-state index contributed by atoms with van der Waals surface area (Å²) in [4.78, 5) is 3.12. The van der Waals surface area contributed by atoms with Gasteiger partial charge in [0.2, 0.25) is 0 Å². The summed E-state index contributed by atoms with van der Waals surface area (Å²) in [6, 6.07) is 5.56. The molecule has 20 heavy (non-hydrogen) atoms. The van der Waals surface area contributed by atoms with Crippen LogP contribution in [0.25, 0.3) is 0 Å². The molecule has 2 aliphatic rings. The summed E-state index contributed by atoms with van der Waals surface area (Å²) in [5, 5.41) is 3.78. The summed E-state index contributed by atoms with van der Waals surface area (Å²) >= 11 is 2.03. The van der Waals surface area contributed by atoms with E-state index in [2.05, 4.69) is 38.2 Å². The minimum atomic E-state index is 0.807. The molecule has 0 aliphatic heterocycles. The fraction of sp³-hybridized carbons (Fsp3) is 0.778. The van der Waals surface area contributed by atoms with Gasteiger partial charge in [-0.05, 0) is 81.4 Å². The Kier molecular flexibility index (Phi) is 4.52. The molecule has 112 valence electrons. The van der Waals surface area contributed by atoms with Crippen LogP contribution in [0.5, 0.6) is 0 Å². The van der Waals surface area contributed by atoms with E-state index in [1.165, 1.54) is 43.5 Å². The molecule has 1 aromatic rings. The van der Waals surface area contributed by atoms with Crippen LogP contribution in [0.15, 0.2) is 12.1 Å². The maximum atomic E-state index is 3.78. The van der Waals surface area contributed by atoms with Gasteiger partial charge < -0.3 is 5.32 Å². The van der Waals surface area contributed by atoms with Crippen LogP contribution >= 0.6 is 11.3 Å². The van der Waals surface area contributed by atoms with E-state index >= 15 is 0 Å². The van der Waals surface area contributed by atoms with Crippen LogP contribution in [-0.4, -0.2) is 12.6 Å². The average molecular weight is 292 g/mol. The van der Waals surface area contributed by atoms with Crippen molar-refractivity contribution in [2.24, 2.45) is 17.8 Å². The Balaban J connectivity index is 1.70. The Morgan fingerprint density at radius 1 is 1.20 bits per heavy atom. The van der Waals surface area contributed by atoms with Crippen LogP contribution in [0.3, 0.4) is 0 Å². The van der Waals surface area contributed by atoms with Gasteiger partial charge in [0.25, 0.3) is 0 Å². The minimum absolute atomic E-state index is 0.807. The highest BCUT2D eigenvalue weighted by atomic mass is 32.1. The monoisotopic (exact) mass is 291 g/mol. The molecule has 1 aromatic heterocycles. The molecule has 0 radical (unpaired) electrons. The number of hydrogen-bond donors (Lipinski definition) is 1. The lowest BCUT2D eigenvalue weighted by Crippen LogP contribution is -2.33. The van der Waals surface area contributed by atoms with Crippen LogP contribution in [0.2, 0.25) is 0 Å². The molecule has 3 rings (SSSR count). The molecule has 0 amide bonds. The minimum Gasteiger partial charge on any atom is -0.314 e. The predicted octanol–water partition coefficient (Wildman–Crippen LogP) is 4.96. The molecule has 0 bridgehead atoms. The molecule has 3 unspecified atom stereocenters. The van der Waals surface area contributed by atoms with Crippen LogP contribution in [0.1, 0.15) is 61.6 Å². The fourth-order valence-corrected chi connectivity index (χ4v) is 4.81. The first-order chi connectivity index (χ1) is 9.63. The van der Waals surface area contributed by atoms with Gasteiger partial charge in [-0.3, -0.25) is 0 Å². The van der Waals surface area contributed by atoms with E-state index in [0.717, 1.165) is 29.7 Å². The summed E-state index contributed by atoms with van der Waals surface area (Å²) in [7, 11) is 0. The SMILES string of the molecule is Cc1ccc(C2CC(C(C)C)CCC2CNC2CC2)s1. The molecule has 3 atom stereocenters. The summed E-state index contributed by atoms with van der Waals surface area (Å²) in [5.41, 5.74) is 0. The van der Waals surface area contributed by atoms with Crippen molar-refractivity contribution in [3.63, 3.8) is 0 Å². The predicted molar refractivity (Wildman–Crippen MR) is 88.5 cm³/mol. The average Bonchev–Trinajstić information content (AvgIpc) is 3.16. The van der Waals surface area contributed by atoms with Crippen LogP contribution in [0.4, 0.5) is 0 Å². The summed E-state index contributed by atoms with van der Waals surface area (Å²) in [6.45, 7) is 8.31. The van der Waals surface area contributed by atoms with Gasteiger partial charge in [0, 0.05) is 15.8 Å². The second-order valence-corrected chi connectivity index (χ2v) is 8.63. The molecule has 2 heteroatoms.